The molecule has 2 aromatic carbocycles. The second-order valence-electron chi connectivity index (χ2n) is 4.66. The molecule has 0 aliphatic carbocycles. The number of carbonyl (C=O) groups excluding carboxylic acids is 1. The lowest BCUT2D eigenvalue weighted by molar-refractivity contribution is -0.116. The fourth-order valence-electron chi connectivity index (χ4n) is 1.93. The predicted molar refractivity (Wildman–Crippen MR) is 90.5 cm³/mol. The molecule has 0 spiro atoms. The number of ether oxygens (including phenoxy) is 2. The number of rotatable bonds is 7. The van der Waals surface area contributed by atoms with Crippen molar-refractivity contribution in [2.45, 2.75) is 12.8 Å². The van der Waals surface area contributed by atoms with Crippen molar-refractivity contribution in [1.29, 1.82) is 0 Å². The van der Waals surface area contributed by atoms with E-state index in [-0.39, 0.29) is 5.91 Å². The van der Waals surface area contributed by atoms with Crippen LogP contribution in [0.1, 0.15) is 12.8 Å². The van der Waals surface area contributed by atoms with Crippen molar-refractivity contribution in [1.82, 2.24) is 0 Å². The van der Waals surface area contributed by atoms with Crippen molar-refractivity contribution in [3.63, 3.8) is 0 Å². The van der Waals surface area contributed by atoms with E-state index in [1.165, 1.54) is 0 Å². The number of amides is 1. The Morgan fingerprint density at radius 3 is 2.68 bits per heavy atom. The number of para-hydroxylation sites is 1. The lowest BCUT2D eigenvalue weighted by atomic mass is 10.2. The molecule has 0 heterocycles. The molecule has 0 aliphatic rings. The number of hydrogen-bond donors (Lipinski definition) is 1. The summed E-state index contributed by atoms with van der Waals surface area (Å²) in [5.74, 6) is 1.39. The Bertz CT molecular complexity index is 617. The number of carbonyl (C=O) groups is 1. The third-order valence-electron chi connectivity index (χ3n) is 3.00. The van der Waals surface area contributed by atoms with Gasteiger partial charge in [0.2, 0.25) is 5.91 Å². The van der Waals surface area contributed by atoms with Gasteiger partial charge < -0.3 is 14.8 Å². The highest BCUT2D eigenvalue weighted by Crippen LogP contribution is 2.28. The summed E-state index contributed by atoms with van der Waals surface area (Å²) >= 11 is 3.38. The first kappa shape index (κ1) is 16.4. The number of anilines is 1. The van der Waals surface area contributed by atoms with E-state index in [4.69, 9.17) is 9.47 Å². The number of nitrogens with one attached hydrogen (secondary N) is 1. The molecule has 0 saturated heterocycles. The van der Waals surface area contributed by atoms with Crippen LogP contribution in [0.3, 0.4) is 0 Å². The molecule has 0 aromatic heterocycles. The van der Waals surface area contributed by atoms with Crippen molar-refractivity contribution in [3.8, 4) is 11.5 Å². The normalized spacial score (nSPS) is 10.1. The van der Waals surface area contributed by atoms with Crippen molar-refractivity contribution in [2.24, 2.45) is 0 Å². The molecule has 0 bridgehead atoms. The van der Waals surface area contributed by atoms with E-state index in [1.54, 1.807) is 13.2 Å². The lowest BCUT2D eigenvalue weighted by Crippen LogP contribution is -2.13. The predicted octanol–water partition coefficient (Wildman–Crippen LogP) is 4.26. The second-order valence-corrected chi connectivity index (χ2v) is 5.57. The third-order valence-corrected chi connectivity index (χ3v) is 3.49. The fraction of sp³-hybridized carbons (Fsp3) is 0.235. The zero-order valence-electron chi connectivity index (χ0n) is 12.3. The van der Waals surface area contributed by atoms with Crippen molar-refractivity contribution in [2.75, 3.05) is 19.0 Å². The van der Waals surface area contributed by atoms with E-state index >= 15 is 0 Å². The van der Waals surface area contributed by atoms with Crippen molar-refractivity contribution >= 4 is 27.5 Å². The Morgan fingerprint density at radius 2 is 1.95 bits per heavy atom. The number of hydrogen-bond acceptors (Lipinski definition) is 3. The van der Waals surface area contributed by atoms with Crippen LogP contribution in [-0.4, -0.2) is 19.6 Å². The summed E-state index contributed by atoms with van der Waals surface area (Å²) < 4.78 is 11.7. The first-order valence-corrected chi connectivity index (χ1v) is 7.79. The molecule has 0 unspecified atom stereocenters. The Morgan fingerprint density at radius 1 is 1.18 bits per heavy atom. The van der Waals surface area contributed by atoms with Gasteiger partial charge in [-0.1, -0.05) is 34.1 Å². The van der Waals surface area contributed by atoms with Crippen LogP contribution in [0, 0.1) is 0 Å². The van der Waals surface area contributed by atoms with E-state index in [2.05, 4.69) is 21.2 Å². The van der Waals surface area contributed by atoms with Crippen LogP contribution in [0.4, 0.5) is 5.69 Å². The third kappa shape index (κ3) is 5.07. The van der Waals surface area contributed by atoms with Gasteiger partial charge in [0, 0.05) is 10.9 Å². The minimum atomic E-state index is -0.0620. The molecule has 4 nitrogen and oxygen atoms in total. The van der Waals surface area contributed by atoms with Crippen LogP contribution >= 0.6 is 15.9 Å². The van der Waals surface area contributed by atoms with Gasteiger partial charge in [0.15, 0.2) is 0 Å². The number of benzene rings is 2. The molecular formula is C17H18BrNO3. The van der Waals surface area contributed by atoms with Gasteiger partial charge in [0.05, 0.1) is 19.4 Å². The summed E-state index contributed by atoms with van der Waals surface area (Å²) in [5.41, 5.74) is 0.658. The van der Waals surface area contributed by atoms with Crippen LogP contribution in [0.15, 0.2) is 53.0 Å². The van der Waals surface area contributed by atoms with Crippen molar-refractivity contribution < 1.29 is 14.3 Å². The van der Waals surface area contributed by atoms with E-state index in [0.717, 1.165) is 10.2 Å². The smallest absolute Gasteiger partial charge is 0.224 e. The highest BCUT2D eigenvalue weighted by molar-refractivity contribution is 9.10. The summed E-state index contributed by atoms with van der Waals surface area (Å²) in [6.45, 7) is 0.507. The SMILES string of the molecule is COc1ccc(Br)cc1NC(=O)CCCOc1ccccc1. The molecule has 0 radical (unpaired) electrons. The summed E-state index contributed by atoms with van der Waals surface area (Å²) in [6.07, 6.45) is 1.04. The molecule has 1 N–H and O–H groups in total. The molecular weight excluding hydrogens is 346 g/mol. The Labute approximate surface area is 138 Å². The van der Waals surface area contributed by atoms with Gasteiger partial charge in [0.25, 0.3) is 0 Å². The Kier molecular flexibility index (Phi) is 6.27. The Balaban J connectivity index is 1.77. The van der Waals surface area contributed by atoms with Gasteiger partial charge in [-0.15, -0.1) is 0 Å². The quantitative estimate of drug-likeness (QED) is 0.747. The van der Waals surface area contributed by atoms with Crippen LogP contribution in [0.5, 0.6) is 11.5 Å². The Hall–Kier alpha value is -2.01. The molecule has 2 aromatic rings. The van der Waals surface area contributed by atoms with Gasteiger partial charge in [-0.25, -0.2) is 0 Å². The van der Waals surface area contributed by atoms with Gasteiger partial charge in [0.1, 0.15) is 11.5 Å². The maximum absolute atomic E-state index is 12.0. The van der Waals surface area contributed by atoms with E-state index in [0.29, 0.717) is 30.9 Å². The minimum absolute atomic E-state index is 0.0620. The van der Waals surface area contributed by atoms with Crippen LogP contribution < -0.4 is 14.8 Å². The average molecular weight is 364 g/mol. The van der Waals surface area contributed by atoms with Gasteiger partial charge in [-0.3, -0.25) is 4.79 Å². The zero-order chi connectivity index (χ0) is 15.8. The van der Waals surface area contributed by atoms with Gasteiger partial charge in [-0.05, 0) is 36.8 Å². The molecule has 2 rings (SSSR count). The van der Waals surface area contributed by atoms with Crippen LogP contribution in [0.25, 0.3) is 0 Å². The summed E-state index contributed by atoms with van der Waals surface area (Å²) in [6, 6.07) is 15.0. The number of halogens is 1. The molecule has 22 heavy (non-hydrogen) atoms. The van der Waals surface area contributed by atoms with Crippen LogP contribution in [0.2, 0.25) is 0 Å². The van der Waals surface area contributed by atoms with Gasteiger partial charge in [-0.2, -0.15) is 0 Å². The molecule has 0 saturated carbocycles. The number of methoxy groups -OCH3 is 1. The fourth-order valence-corrected chi connectivity index (χ4v) is 2.29. The van der Waals surface area contributed by atoms with Crippen LogP contribution in [-0.2, 0) is 4.79 Å². The molecule has 0 aliphatic heterocycles. The first-order valence-electron chi connectivity index (χ1n) is 7.00. The zero-order valence-corrected chi connectivity index (χ0v) is 13.9. The molecule has 5 heteroatoms. The van der Waals surface area contributed by atoms with Crippen molar-refractivity contribution in [3.05, 3.63) is 53.0 Å². The maximum Gasteiger partial charge on any atom is 0.224 e. The van der Waals surface area contributed by atoms with E-state index in [1.807, 2.05) is 42.5 Å². The van der Waals surface area contributed by atoms with E-state index < -0.39 is 0 Å². The molecule has 0 fully saturated rings. The second kappa shape index (κ2) is 8.44. The highest BCUT2D eigenvalue weighted by atomic mass is 79.9. The maximum atomic E-state index is 12.0. The molecule has 1 amide bonds. The monoisotopic (exact) mass is 363 g/mol. The minimum Gasteiger partial charge on any atom is -0.495 e. The first-order chi connectivity index (χ1) is 10.7. The summed E-state index contributed by atoms with van der Waals surface area (Å²) in [5, 5.41) is 2.85. The van der Waals surface area contributed by atoms with Gasteiger partial charge >= 0.3 is 0 Å². The standard InChI is InChI=1S/C17H18BrNO3/c1-21-16-10-9-13(18)12-15(16)19-17(20)8-5-11-22-14-6-3-2-4-7-14/h2-4,6-7,9-10,12H,5,8,11H2,1H3,(H,19,20). The molecule has 116 valence electrons. The average Bonchev–Trinajstić information content (AvgIpc) is 2.53. The lowest BCUT2D eigenvalue weighted by Gasteiger charge is -2.11. The summed E-state index contributed by atoms with van der Waals surface area (Å²) in [7, 11) is 1.58. The largest absolute Gasteiger partial charge is 0.495 e. The topological polar surface area (TPSA) is 47.6 Å². The summed E-state index contributed by atoms with van der Waals surface area (Å²) in [4.78, 5) is 12.0. The van der Waals surface area contributed by atoms with E-state index in [9.17, 15) is 4.79 Å². The molecule has 0 atom stereocenters. The highest BCUT2D eigenvalue weighted by Gasteiger charge is 2.08.